The monoisotopic (exact) mass is 306 g/mol. The van der Waals surface area contributed by atoms with E-state index in [1.165, 1.54) is 0 Å². The zero-order valence-corrected chi connectivity index (χ0v) is 12.4. The van der Waals surface area contributed by atoms with Crippen molar-refractivity contribution in [2.24, 2.45) is 0 Å². The van der Waals surface area contributed by atoms with Crippen LogP contribution in [0.4, 0.5) is 0 Å². The van der Waals surface area contributed by atoms with Gasteiger partial charge in [-0.1, -0.05) is 0 Å². The van der Waals surface area contributed by atoms with Gasteiger partial charge in [-0.25, -0.2) is 13.1 Å². The Labute approximate surface area is 120 Å². The first kappa shape index (κ1) is 16.2. The number of methoxy groups -OCH3 is 1. The highest BCUT2D eigenvalue weighted by molar-refractivity contribution is 7.89. The van der Waals surface area contributed by atoms with Gasteiger partial charge >= 0.3 is 0 Å². The Kier molecular flexibility index (Phi) is 6.06. The van der Waals surface area contributed by atoms with Gasteiger partial charge in [-0.3, -0.25) is 0 Å². The first-order valence-corrected chi connectivity index (χ1v) is 7.47. The summed E-state index contributed by atoms with van der Waals surface area (Å²) < 4.78 is 31.6. The van der Waals surface area contributed by atoms with Crippen LogP contribution in [0.1, 0.15) is 12.8 Å². The molecule has 7 heteroatoms. The van der Waals surface area contributed by atoms with E-state index in [0.717, 1.165) is 19.4 Å². The summed E-state index contributed by atoms with van der Waals surface area (Å²) in [5.74, 6) is 0.645. The topological polar surface area (TPSA) is 67.4 Å². The molecule has 0 radical (unpaired) electrons. The summed E-state index contributed by atoms with van der Waals surface area (Å²) in [7, 11) is -1.87. The molecule has 0 aromatic heterocycles. The maximum atomic E-state index is 12.0. The molecule has 0 bridgehead atoms. The molecule has 19 heavy (non-hydrogen) atoms. The second kappa shape index (κ2) is 7.09. The smallest absolute Gasteiger partial charge is 0.240 e. The lowest BCUT2D eigenvalue weighted by molar-refractivity contribution is 0.414. The molecular weight excluding hydrogens is 288 g/mol. The fourth-order valence-electron chi connectivity index (χ4n) is 1.98. The molecule has 5 nitrogen and oxygen atoms in total. The molecule has 2 N–H and O–H groups in total. The van der Waals surface area contributed by atoms with Crippen LogP contribution in [0.3, 0.4) is 0 Å². The van der Waals surface area contributed by atoms with E-state index in [9.17, 15) is 8.42 Å². The molecule has 0 aliphatic carbocycles. The second-order valence-electron chi connectivity index (χ2n) is 4.32. The Morgan fingerprint density at radius 3 is 2.58 bits per heavy atom. The van der Waals surface area contributed by atoms with Gasteiger partial charge in [0.25, 0.3) is 0 Å². The van der Waals surface area contributed by atoms with Crippen molar-refractivity contribution >= 4 is 22.4 Å². The molecule has 0 spiro atoms. The number of ether oxygens (including phenoxy) is 1. The SMILES string of the molecule is COc1ccc(S(=O)(=O)NCC2CCCN2)cc1.Cl. The van der Waals surface area contributed by atoms with Crippen LogP contribution in [0, 0.1) is 0 Å². The summed E-state index contributed by atoms with van der Waals surface area (Å²) in [5.41, 5.74) is 0. The van der Waals surface area contributed by atoms with Crippen molar-refractivity contribution in [2.75, 3.05) is 20.2 Å². The first-order valence-electron chi connectivity index (χ1n) is 5.99. The maximum absolute atomic E-state index is 12.0. The van der Waals surface area contributed by atoms with Crippen molar-refractivity contribution in [3.8, 4) is 5.75 Å². The standard InChI is InChI=1S/C12H18N2O3S.ClH/c1-17-11-4-6-12(7-5-11)18(15,16)14-9-10-3-2-8-13-10;/h4-7,10,13-14H,2-3,8-9H2,1H3;1H. The van der Waals surface area contributed by atoms with Gasteiger partial charge in [-0.15, -0.1) is 12.4 Å². The Morgan fingerprint density at radius 1 is 1.37 bits per heavy atom. The van der Waals surface area contributed by atoms with Crippen LogP contribution >= 0.6 is 12.4 Å². The van der Waals surface area contributed by atoms with E-state index < -0.39 is 10.0 Å². The molecule has 1 unspecified atom stereocenters. The Hall–Kier alpha value is -0.820. The van der Waals surface area contributed by atoms with Crippen molar-refractivity contribution < 1.29 is 13.2 Å². The Morgan fingerprint density at radius 2 is 2.05 bits per heavy atom. The maximum Gasteiger partial charge on any atom is 0.240 e. The molecule has 1 atom stereocenters. The summed E-state index contributed by atoms with van der Waals surface area (Å²) in [6.45, 7) is 1.41. The highest BCUT2D eigenvalue weighted by Gasteiger charge is 2.19. The van der Waals surface area contributed by atoms with E-state index in [2.05, 4.69) is 10.0 Å². The number of hydrogen-bond donors (Lipinski definition) is 2. The molecule has 1 aliphatic rings. The molecule has 1 saturated heterocycles. The van der Waals surface area contributed by atoms with E-state index in [0.29, 0.717) is 12.3 Å². The van der Waals surface area contributed by atoms with Gasteiger partial charge in [0.2, 0.25) is 10.0 Å². The number of sulfonamides is 1. The fourth-order valence-corrected chi connectivity index (χ4v) is 3.06. The minimum absolute atomic E-state index is 0. The predicted molar refractivity (Wildman–Crippen MR) is 76.5 cm³/mol. The number of hydrogen-bond acceptors (Lipinski definition) is 4. The fraction of sp³-hybridized carbons (Fsp3) is 0.500. The van der Waals surface area contributed by atoms with E-state index in [1.807, 2.05) is 0 Å². The van der Waals surface area contributed by atoms with Gasteiger partial charge in [-0.05, 0) is 43.7 Å². The molecule has 1 aromatic rings. The van der Waals surface area contributed by atoms with Crippen LogP contribution in [0.2, 0.25) is 0 Å². The van der Waals surface area contributed by atoms with E-state index in [1.54, 1.807) is 31.4 Å². The zero-order valence-electron chi connectivity index (χ0n) is 10.8. The van der Waals surface area contributed by atoms with Crippen LogP contribution < -0.4 is 14.8 Å². The molecule has 108 valence electrons. The third-order valence-corrected chi connectivity index (χ3v) is 4.49. The summed E-state index contributed by atoms with van der Waals surface area (Å²) >= 11 is 0. The van der Waals surface area contributed by atoms with Crippen molar-refractivity contribution in [1.29, 1.82) is 0 Å². The van der Waals surface area contributed by atoms with Crippen LogP contribution in [-0.2, 0) is 10.0 Å². The van der Waals surface area contributed by atoms with Gasteiger partial charge in [0.1, 0.15) is 5.75 Å². The summed E-state index contributed by atoms with van der Waals surface area (Å²) in [6.07, 6.45) is 2.13. The second-order valence-corrected chi connectivity index (χ2v) is 6.09. The average Bonchev–Trinajstić information content (AvgIpc) is 2.90. The molecule has 0 saturated carbocycles. The van der Waals surface area contributed by atoms with Gasteiger partial charge in [0.15, 0.2) is 0 Å². The number of benzene rings is 1. The normalized spacial score (nSPS) is 18.9. The largest absolute Gasteiger partial charge is 0.497 e. The van der Waals surface area contributed by atoms with Crippen molar-refractivity contribution in [3.63, 3.8) is 0 Å². The first-order chi connectivity index (χ1) is 8.62. The molecule has 1 fully saturated rings. The van der Waals surface area contributed by atoms with Crippen molar-refractivity contribution in [3.05, 3.63) is 24.3 Å². The molecular formula is C12H19ClN2O3S. The molecule has 2 rings (SSSR count). The Bertz CT molecular complexity index is 484. The lowest BCUT2D eigenvalue weighted by Gasteiger charge is -2.12. The minimum Gasteiger partial charge on any atom is -0.497 e. The average molecular weight is 307 g/mol. The highest BCUT2D eigenvalue weighted by atomic mass is 35.5. The van der Waals surface area contributed by atoms with Gasteiger partial charge in [-0.2, -0.15) is 0 Å². The van der Waals surface area contributed by atoms with E-state index in [-0.39, 0.29) is 23.3 Å². The quantitative estimate of drug-likeness (QED) is 0.856. The lowest BCUT2D eigenvalue weighted by Crippen LogP contribution is -2.37. The molecule has 1 heterocycles. The Balaban J connectivity index is 0.00000180. The zero-order chi connectivity index (χ0) is 13.0. The number of halogens is 1. The van der Waals surface area contributed by atoms with Gasteiger partial charge in [0, 0.05) is 12.6 Å². The lowest BCUT2D eigenvalue weighted by atomic mass is 10.2. The molecule has 1 aromatic carbocycles. The van der Waals surface area contributed by atoms with Crippen molar-refractivity contribution in [1.82, 2.24) is 10.0 Å². The summed E-state index contributed by atoms with van der Waals surface area (Å²) in [5, 5.41) is 3.25. The van der Waals surface area contributed by atoms with E-state index >= 15 is 0 Å². The highest BCUT2D eigenvalue weighted by Crippen LogP contribution is 2.15. The summed E-state index contributed by atoms with van der Waals surface area (Å²) in [4.78, 5) is 0.265. The van der Waals surface area contributed by atoms with Crippen LogP contribution in [0.5, 0.6) is 5.75 Å². The molecule has 1 aliphatic heterocycles. The minimum atomic E-state index is -3.42. The predicted octanol–water partition coefficient (Wildman–Crippen LogP) is 1.15. The third kappa shape index (κ3) is 4.35. The van der Waals surface area contributed by atoms with Crippen LogP contribution in [-0.4, -0.2) is 34.7 Å². The number of nitrogens with one attached hydrogen (secondary N) is 2. The van der Waals surface area contributed by atoms with Gasteiger partial charge < -0.3 is 10.1 Å². The van der Waals surface area contributed by atoms with Crippen LogP contribution in [0.25, 0.3) is 0 Å². The van der Waals surface area contributed by atoms with Crippen molar-refractivity contribution in [2.45, 2.75) is 23.8 Å². The summed E-state index contributed by atoms with van der Waals surface area (Å²) in [6, 6.07) is 6.62. The van der Waals surface area contributed by atoms with Crippen LogP contribution in [0.15, 0.2) is 29.2 Å². The van der Waals surface area contributed by atoms with E-state index in [4.69, 9.17) is 4.74 Å². The number of rotatable bonds is 5. The molecule has 0 amide bonds. The third-order valence-electron chi connectivity index (χ3n) is 3.05. The van der Waals surface area contributed by atoms with Gasteiger partial charge in [0.05, 0.1) is 12.0 Å².